The minimum atomic E-state index is 0.530. The van der Waals surface area contributed by atoms with E-state index in [-0.39, 0.29) is 0 Å². The van der Waals surface area contributed by atoms with Gasteiger partial charge in [0.15, 0.2) is 0 Å². The fourth-order valence-electron chi connectivity index (χ4n) is 3.68. The molecule has 2 fully saturated rings. The fourth-order valence-corrected chi connectivity index (χ4v) is 3.68. The summed E-state index contributed by atoms with van der Waals surface area (Å²) in [5, 5.41) is 3.97. The maximum Gasteiger partial charge on any atom is 0.0121 e. The zero-order valence-electron chi connectivity index (χ0n) is 11.4. The topological polar surface area (TPSA) is 12.0 Å². The zero-order chi connectivity index (χ0) is 11.6. The third-order valence-corrected chi connectivity index (χ3v) is 5.06. The molecular formula is C15H29N. The van der Waals surface area contributed by atoms with Crippen LogP contribution in [-0.4, -0.2) is 12.1 Å². The quantitative estimate of drug-likeness (QED) is 0.759. The van der Waals surface area contributed by atoms with Crippen LogP contribution in [0.4, 0.5) is 0 Å². The largest absolute Gasteiger partial charge is 0.311 e. The van der Waals surface area contributed by atoms with E-state index in [0.717, 1.165) is 18.0 Å². The van der Waals surface area contributed by atoms with E-state index in [2.05, 4.69) is 26.1 Å². The lowest BCUT2D eigenvalue weighted by Gasteiger charge is -2.40. The van der Waals surface area contributed by atoms with E-state index in [1.165, 1.54) is 51.4 Å². The van der Waals surface area contributed by atoms with Crippen molar-refractivity contribution < 1.29 is 0 Å². The van der Waals surface area contributed by atoms with E-state index in [1.54, 1.807) is 0 Å². The Kier molecular flexibility index (Phi) is 3.94. The van der Waals surface area contributed by atoms with Crippen LogP contribution in [0.1, 0.15) is 72.1 Å². The van der Waals surface area contributed by atoms with Gasteiger partial charge in [0, 0.05) is 12.1 Å². The van der Waals surface area contributed by atoms with Crippen LogP contribution in [0.5, 0.6) is 0 Å². The molecule has 16 heavy (non-hydrogen) atoms. The number of hydrogen-bond acceptors (Lipinski definition) is 1. The van der Waals surface area contributed by atoms with Crippen LogP contribution in [0.15, 0.2) is 0 Å². The summed E-state index contributed by atoms with van der Waals surface area (Å²) in [5.74, 6) is 1.00. The summed E-state index contributed by atoms with van der Waals surface area (Å²) >= 11 is 0. The maximum absolute atomic E-state index is 3.97. The Balaban J connectivity index is 1.84. The van der Waals surface area contributed by atoms with Crippen molar-refractivity contribution in [3.63, 3.8) is 0 Å². The van der Waals surface area contributed by atoms with Crippen LogP contribution in [-0.2, 0) is 0 Å². The second kappa shape index (κ2) is 5.08. The molecule has 2 aliphatic rings. The van der Waals surface area contributed by atoms with Crippen LogP contribution < -0.4 is 5.32 Å². The average Bonchev–Trinajstić information content (AvgIpc) is 2.69. The molecule has 2 aliphatic carbocycles. The predicted octanol–water partition coefficient (Wildman–Crippen LogP) is 4.12. The number of rotatable bonds is 3. The Bertz CT molecular complexity index is 221. The SMILES string of the molecule is CCC1CCC(NC2CCCCC2(C)C)C1. The second-order valence-electron chi connectivity index (χ2n) is 6.74. The van der Waals surface area contributed by atoms with Gasteiger partial charge in [-0.15, -0.1) is 0 Å². The Morgan fingerprint density at radius 1 is 1.12 bits per heavy atom. The van der Waals surface area contributed by atoms with Crippen LogP contribution in [0, 0.1) is 11.3 Å². The van der Waals surface area contributed by atoms with Crippen LogP contribution in [0.2, 0.25) is 0 Å². The Labute approximate surface area is 101 Å². The minimum Gasteiger partial charge on any atom is -0.311 e. The van der Waals surface area contributed by atoms with Crippen molar-refractivity contribution in [2.75, 3.05) is 0 Å². The zero-order valence-corrected chi connectivity index (χ0v) is 11.4. The number of nitrogens with one attached hydrogen (secondary N) is 1. The first-order chi connectivity index (χ1) is 7.62. The summed E-state index contributed by atoms with van der Waals surface area (Å²) in [6.45, 7) is 7.25. The highest BCUT2D eigenvalue weighted by atomic mass is 15.0. The van der Waals surface area contributed by atoms with E-state index in [9.17, 15) is 0 Å². The van der Waals surface area contributed by atoms with E-state index in [4.69, 9.17) is 0 Å². The molecule has 0 aromatic heterocycles. The van der Waals surface area contributed by atoms with E-state index < -0.39 is 0 Å². The molecule has 1 nitrogen and oxygen atoms in total. The van der Waals surface area contributed by atoms with Gasteiger partial charge in [-0.1, -0.05) is 40.0 Å². The van der Waals surface area contributed by atoms with Crippen molar-refractivity contribution in [2.45, 2.75) is 84.2 Å². The fraction of sp³-hybridized carbons (Fsp3) is 1.00. The molecule has 0 aromatic rings. The highest BCUT2D eigenvalue weighted by Crippen LogP contribution is 2.37. The van der Waals surface area contributed by atoms with Crippen molar-refractivity contribution in [3.8, 4) is 0 Å². The summed E-state index contributed by atoms with van der Waals surface area (Å²) in [4.78, 5) is 0. The van der Waals surface area contributed by atoms with Gasteiger partial charge in [-0.05, 0) is 43.4 Å². The van der Waals surface area contributed by atoms with Crippen molar-refractivity contribution in [1.82, 2.24) is 5.32 Å². The molecule has 0 spiro atoms. The molecule has 2 saturated carbocycles. The Morgan fingerprint density at radius 3 is 2.56 bits per heavy atom. The summed E-state index contributed by atoms with van der Waals surface area (Å²) in [6.07, 6.45) is 11.4. The Hall–Kier alpha value is -0.0400. The molecule has 0 heterocycles. The van der Waals surface area contributed by atoms with Gasteiger partial charge in [-0.25, -0.2) is 0 Å². The van der Waals surface area contributed by atoms with Crippen LogP contribution in [0.25, 0.3) is 0 Å². The standard InChI is InChI=1S/C15H29N/c1-4-12-8-9-13(11-12)16-14-7-5-6-10-15(14,2)3/h12-14,16H,4-11H2,1-3H3. The molecule has 3 unspecified atom stereocenters. The summed E-state index contributed by atoms with van der Waals surface area (Å²) in [5.41, 5.74) is 0.530. The first kappa shape index (κ1) is 12.4. The second-order valence-corrected chi connectivity index (χ2v) is 6.74. The predicted molar refractivity (Wildman–Crippen MR) is 70.6 cm³/mol. The molecule has 0 aliphatic heterocycles. The van der Waals surface area contributed by atoms with Crippen molar-refractivity contribution >= 4 is 0 Å². The molecule has 3 atom stereocenters. The van der Waals surface area contributed by atoms with E-state index >= 15 is 0 Å². The molecule has 94 valence electrons. The highest BCUT2D eigenvalue weighted by molar-refractivity contribution is 4.91. The summed E-state index contributed by atoms with van der Waals surface area (Å²) < 4.78 is 0. The monoisotopic (exact) mass is 223 g/mol. The summed E-state index contributed by atoms with van der Waals surface area (Å²) in [7, 11) is 0. The van der Waals surface area contributed by atoms with Gasteiger partial charge in [0.2, 0.25) is 0 Å². The lowest BCUT2D eigenvalue weighted by Crippen LogP contribution is -2.47. The molecule has 0 aromatic carbocycles. The van der Waals surface area contributed by atoms with Gasteiger partial charge in [0.1, 0.15) is 0 Å². The van der Waals surface area contributed by atoms with E-state index in [1.807, 2.05) is 0 Å². The van der Waals surface area contributed by atoms with Gasteiger partial charge >= 0.3 is 0 Å². The maximum atomic E-state index is 3.97. The van der Waals surface area contributed by atoms with Crippen molar-refractivity contribution in [3.05, 3.63) is 0 Å². The first-order valence-corrected chi connectivity index (χ1v) is 7.38. The summed E-state index contributed by atoms with van der Waals surface area (Å²) in [6, 6.07) is 1.61. The lowest BCUT2D eigenvalue weighted by atomic mass is 9.73. The molecule has 0 saturated heterocycles. The lowest BCUT2D eigenvalue weighted by molar-refractivity contribution is 0.155. The minimum absolute atomic E-state index is 0.530. The van der Waals surface area contributed by atoms with Gasteiger partial charge in [-0.3, -0.25) is 0 Å². The number of hydrogen-bond donors (Lipinski definition) is 1. The highest BCUT2D eigenvalue weighted by Gasteiger charge is 2.34. The van der Waals surface area contributed by atoms with Crippen LogP contribution >= 0.6 is 0 Å². The smallest absolute Gasteiger partial charge is 0.0121 e. The van der Waals surface area contributed by atoms with Crippen LogP contribution in [0.3, 0.4) is 0 Å². The van der Waals surface area contributed by atoms with Gasteiger partial charge in [-0.2, -0.15) is 0 Å². The van der Waals surface area contributed by atoms with E-state index in [0.29, 0.717) is 5.41 Å². The molecule has 1 N–H and O–H groups in total. The molecular weight excluding hydrogens is 194 g/mol. The van der Waals surface area contributed by atoms with Crippen molar-refractivity contribution in [2.24, 2.45) is 11.3 Å². The molecule has 0 amide bonds. The molecule has 0 radical (unpaired) electrons. The van der Waals surface area contributed by atoms with Gasteiger partial charge in [0.05, 0.1) is 0 Å². The third-order valence-electron chi connectivity index (χ3n) is 5.06. The van der Waals surface area contributed by atoms with Gasteiger partial charge in [0.25, 0.3) is 0 Å². The molecule has 2 rings (SSSR count). The van der Waals surface area contributed by atoms with Crippen molar-refractivity contribution in [1.29, 1.82) is 0 Å². The molecule has 1 heteroatoms. The average molecular weight is 223 g/mol. The normalized spacial score (nSPS) is 38.8. The van der Waals surface area contributed by atoms with Gasteiger partial charge < -0.3 is 5.32 Å². The first-order valence-electron chi connectivity index (χ1n) is 7.38. The molecule has 0 bridgehead atoms. The Morgan fingerprint density at radius 2 is 1.94 bits per heavy atom. The third kappa shape index (κ3) is 2.80.